The zero-order chi connectivity index (χ0) is 12.8. The molecule has 4 nitrogen and oxygen atoms in total. The Morgan fingerprint density at radius 2 is 2.28 bits per heavy atom. The summed E-state index contributed by atoms with van der Waals surface area (Å²) in [5.41, 5.74) is 3.10. The second kappa shape index (κ2) is 3.99. The second-order valence-electron chi connectivity index (χ2n) is 5.73. The molecular weight excluding hydrogens is 226 g/mol. The quantitative estimate of drug-likeness (QED) is 0.854. The molecule has 2 N–H and O–H groups in total. The molecule has 2 aromatic rings. The monoisotopic (exact) mass is 245 g/mol. The summed E-state index contributed by atoms with van der Waals surface area (Å²) >= 11 is 0. The lowest BCUT2D eigenvalue weighted by molar-refractivity contribution is 0.457. The number of rotatable bonds is 2. The van der Waals surface area contributed by atoms with Crippen molar-refractivity contribution in [2.75, 3.05) is 11.9 Å². The van der Waals surface area contributed by atoms with E-state index in [1.807, 2.05) is 19.1 Å². The summed E-state index contributed by atoms with van der Waals surface area (Å²) in [6.45, 7) is 7.34. The van der Waals surface area contributed by atoms with Gasteiger partial charge in [-0.2, -0.15) is 0 Å². The highest BCUT2D eigenvalue weighted by Gasteiger charge is 2.29. The van der Waals surface area contributed by atoms with Gasteiger partial charge >= 0.3 is 0 Å². The maximum Gasteiger partial charge on any atom is 0.192 e. The summed E-state index contributed by atoms with van der Waals surface area (Å²) in [7, 11) is 0. The van der Waals surface area contributed by atoms with Gasteiger partial charge in [-0.1, -0.05) is 0 Å². The average molecular weight is 245 g/mol. The predicted molar refractivity (Wildman–Crippen MR) is 72.9 cm³/mol. The van der Waals surface area contributed by atoms with E-state index >= 15 is 0 Å². The summed E-state index contributed by atoms with van der Waals surface area (Å²) < 4.78 is 5.55. The highest BCUT2D eigenvalue weighted by atomic mass is 16.3. The number of aromatic nitrogens is 1. The molecule has 1 aromatic carbocycles. The van der Waals surface area contributed by atoms with Crippen molar-refractivity contribution in [3.05, 3.63) is 24.1 Å². The van der Waals surface area contributed by atoms with E-state index in [0.717, 1.165) is 29.8 Å². The lowest BCUT2D eigenvalue weighted by Crippen LogP contribution is -2.31. The normalized spacial score (nSPS) is 22.5. The molecule has 18 heavy (non-hydrogen) atoms. The summed E-state index contributed by atoms with van der Waals surface area (Å²) in [5, 5.41) is 7.06. The fourth-order valence-corrected chi connectivity index (χ4v) is 2.63. The fourth-order valence-electron chi connectivity index (χ4n) is 2.63. The van der Waals surface area contributed by atoms with Crippen LogP contribution in [0.1, 0.15) is 26.2 Å². The molecule has 96 valence electrons. The van der Waals surface area contributed by atoms with Gasteiger partial charge in [0.25, 0.3) is 0 Å². The lowest BCUT2D eigenvalue weighted by Gasteiger charge is -2.18. The number of anilines is 1. The molecule has 4 heteroatoms. The standard InChI is InChI=1S/C14H19N3O/c1-9-16-12-5-4-10(6-13(12)18-9)17-11-7-14(2,3)15-8-11/h4-6,11,15,17H,7-8H2,1-3H3. The van der Waals surface area contributed by atoms with Crippen LogP contribution in [0.4, 0.5) is 5.69 Å². The minimum atomic E-state index is 0.227. The molecule has 0 amide bonds. The maximum atomic E-state index is 5.55. The number of nitrogens with zero attached hydrogens (tertiary/aromatic N) is 1. The van der Waals surface area contributed by atoms with Crippen molar-refractivity contribution in [3.8, 4) is 0 Å². The third kappa shape index (κ3) is 2.20. The lowest BCUT2D eigenvalue weighted by atomic mass is 10.0. The Balaban J connectivity index is 1.78. The molecule has 1 atom stereocenters. The first-order chi connectivity index (χ1) is 8.52. The molecule has 0 bridgehead atoms. The van der Waals surface area contributed by atoms with Crippen molar-refractivity contribution in [2.24, 2.45) is 0 Å². The third-order valence-corrected chi connectivity index (χ3v) is 3.45. The number of hydrogen-bond donors (Lipinski definition) is 2. The number of benzene rings is 1. The van der Waals surface area contributed by atoms with Crippen LogP contribution in [0.2, 0.25) is 0 Å². The van der Waals surface area contributed by atoms with E-state index in [4.69, 9.17) is 4.42 Å². The van der Waals surface area contributed by atoms with Gasteiger partial charge in [0.05, 0.1) is 0 Å². The van der Waals surface area contributed by atoms with E-state index in [1.54, 1.807) is 0 Å². The van der Waals surface area contributed by atoms with Crippen molar-refractivity contribution in [1.82, 2.24) is 10.3 Å². The number of aryl methyl sites for hydroxylation is 1. The minimum absolute atomic E-state index is 0.227. The molecule has 1 saturated heterocycles. The first-order valence-corrected chi connectivity index (χ1v) is 6.41. The molecule has 2 heterocycles. The topological polar surface area (TPSA) is 50.1 Å². The Bertz CT molecular complexity index is 573. The van der Waals surface area contributed by atoms with Crippen LogP contribution in [0, 0.1) is 6.92 Å². The van der Waals surface area contributed by atoms with Crippen LogP contribution < -0.4 is 10.6 Å². The van der Waals surface area contributed by atoms with E-state index in [2.05, 4.69) is 35.5 Å². The van der Waals surface area contributed by atoms with Crippen molar-refractivity contribution >= 4 is 16.8 Å². The van der Waals surface area contributed by atoms with Gasteiger partial charge in [-0.15, -0.1) is 0 Å². The molecule has 1 unspecified atom stereocenters. The summed E-state index contributed by atoms with van der Waals surface area (Å²) in [5.74, 6) is 0.714. The molecule has 1 aliphatic rings. The van der Waals surface area contributed by atoms with Crippen LogP contribution in [0.25, 0.3) is 11.1 Å². The molecule has 0 aliphatic carbocycles. The van der Waals surface area contributed by atoms with Gasteiger partial charge in [-0.3, -0.25) is 0 Å². The summed E-state index contributed by atoms with van der Waals surface area (Å²) in [6.07, 6.45) is 1.13. The molecule has 3 rings (SSSR count). The van der Waals surface area contributed by atoms with Gasteiger partial charge in [0, 0.05) is 36.8 Å². The molecule has 1 aliphatic heterocycles. The van der Waals surface area contributed by atoms with E-state index in [-0.39, 0.29) is 5.54 Å². The Labute approximate surface area is 107 Å². The van der Waals surface area contributed by atoms with Crippen molar-refractivity contribution < 1.29 is 4.42 Å². The van der Waals surface area contributed by atoms with Crippen molar-refractivity contribution in [1.29, 1.82) is 0 Å². The largest absolute Gasteiger partial charge is 0.441 e. The number of hydrogen-bond acceptors (Lipinski definition) is 4. The van der Waals surface area contributed by atoms with E-state index in [0.29, 0.717) is 11.9 Å². The van der Waals surface area contributed by atoms with Crippen LogP contribution >= 0.6 is 0 Å². The van der Waals surface area contributed by atoms with Crippen molar-refractivity contribution in [3.63, 3.8) is 0 Å². The van der Waals surface area contributed by atoms with Crippen LogP contribution in [0.5, 0.6) is 0 Å². The van der Waals surface area contributed by atoms with Crippen molar-refractivity contribution in [2.45, 2.75) is 38.8 Å². The Kier molecular flexibility index (Phi) is 2.55. The highest BCUT2D eigenvalue weighted by Crippen LogP contribution is 2.24. The van der Waals surface area contributed by atoms with Gasteiger partial charge in [-0.25, -0.2) is 4.98 Å². The highest BCUT2D eigenvalue weighted by molar-refractivity contribution is 5.77. The molecular formula is C14H19N3O. The van der Waals surface area contributed by atoms with E-state index < -0.39 is 0 Å². The van der Waals surface area contributed by atoms with Gasteiger partial charge in [0.2, 0.25) is 0 Å². The van der Waals surface area contributed by atoms with Crippen LogP contribution in [-0.2, 0) is 0 Å². The zero-order valence-electron chi connectivity index (χ0n) is 11.1. The molecule has 0 saturated carbocycles. The molecule has 1 fully saturated rings. The summed E-state index contributed by atoms with van der Waals surface area (Å²) in [6, 6.07) is 6.57. The van der Waals surface area contributed by atoms with E-state index in [9.17, 15) is 0 Å². The number of oxazole rings is 1. The van der Waals surface area contributed by atoms with Crippen LogP contribution in [0.3, 0.4) is 0 Å². The van der Waals surface area contributed by atoms with Gasteiger partial charge < -0.3 is 15.1 Å². The Hall–Kier alpha value is -1.55. The van der Waals surface area contributed by atoms with Gasteiger partial charge in [-0.05, 0) is 32.4 Å². The summed E-state index contributed by atoms with van der Waals surface area (Å²) in [4.78, 5) is 4.30. The SMILES string of the molecule is Cc1nc2ccc(NC3CNC(C)(C)C3)cc2o1. The van der Waals surface area contributed by atoms with Crippen LogP contribution in [-0.4, -0.2) is 23.1 Å². The smallest absolute Gasteiger partial charge is 0.192 e. The van der Waals surface area contributed by atoms with Gasteiger partial charge in [0.1, 0.15) is 5.52 Å². The first kappa shape index (κ1) is 11.5. The fraction of sp³-hybridized carbons (Fsp3) is 0.500. The molecule has 0 spiro atoms. The number of fused-ring (bicyclic) bond motifs is 1. The Morgan fingerprint density at radius 3 is 3.00 bits per heavy atom. The van der Waals surface area contributed by atoms with Crippen LogP contribution in [0.15, 0.2) is 22.6 Å². The predicted octanol–water partition coefficient (Wildman–Crippen LogP) is 2.69. The molecule has 1 aromatic heterocycles. The third-order valence-electron chi connectivity index (χ3n) is 3.45. The van der Waals surface area contributed by atoms with Gasteiger partial charge in [0.15, 0.2) is 11.5 Å². The zero-order valence-corrected chi connectivity index (χ0v) is 11.1. The second-order valence-corrected chi connectivity index (χ2v) is 5.73. The Morgan fingerprint density at radius 1 is 1.44 bits per heavy atom. The maximum absolute atomic E-state index is 5.55. The minimum Gasteiger partial charge on any atom is -0.441 e. The first-order valence-electron chi connectivity index (χ1n) is 6.41. The van der Waals surface area contributed by atoms with E-state index in [1.165, 1.54) is 0 Å². The number of nitrogens with one attached hydrogen (secondary N) is 2. The molecule has 0 radical (unpaired) electrons. The average Bonchev–Trinajstić information content (AvgIpc) is 2.80.